The molecule has 0 spiro atoms. The van der Waals surface area contributed by atoms with Crippen LogP contribution in [0.2, 0.25) is 0 Å². The molecule has 0 aliphatic heterocycles. The third kappa shape index (κ3) is 3.59. The van der Waals surface area contributed by atoms with E-state index in [-0.39, 0.29) is 12.4 Å². The van der Waals surface area contributed by atoms with Crippen LogP contribution < -0.4 is 22.1 Å². The average molecular weight is 311 g/mol. The minimum absolute atomic E-state index is 0.111. The normalized spacial score (nSPS) is 11.0. The van der Waals surface area contributed by atoms with E-state index in [1.807, 2.05) is 0 Å². The van der Waals surface area contributed by atoms with Crippen LogP contribution in [0.25, 0.3) is 0 Å². The second-order valence-electron chi connectivity index (χ2n) is 4.32. The standard InChI is InChI=1S/C12H17N5O5/c1-5-22-8(18)6-7(2)13-14-10-9(15-21)11(19)17(4)12(20)16(10)3/h6,13-14H,5H2,1-4H3/b7-6+. The van der Waals surface area contributed by atoms with Crippen LogP contribution in [-0.2, 0) is 23.6 Å². The molecule has 0 atom stereocenters. The van der Waals surface area contributed by atoms with E-state index >= 15 is 0 Å². The van der Waals surface area contributed by atoms with E-state index in [2.05, 4.69) is 16.0 Å². The molecule has 0 aliphatic carbocycles. The van der Waals surface area contributed by atoms with E-state index < -0.39 is 22.9 Å². The summed E-state index contributed by atoms with van der Waals surface area (Å²) in [4.78, 5) is 45.7. The molecule has 0 radical (unpaired) electrons. The Balaban J connectivity index is 3.10. The first kappa shape index (κ1) is 17.1. The number of nitrogens with zero attached hydrogens (tertiary/aromatic N) is 3. The van der Waals surface area contributed by atoms with Gasteiger partial charge in [-0.3, -0.25) is 19.4 Å². The maximum atomic E-state index is 11.8. The van der Waals surface area contributed by atoms with Crippen molar-refractivity contribution in [1.29, 1.82) is 0 Å². The Bertz CT molecular complexity index is 731. The lowest BCUT2D eigenvalue weighted by Gasteiger charge is -2.14. The van der Waals surface area contributed by atoms with Gasteiger partial charge in [-0.25, -0.2) is 9.59 Å². The number of nitrogens with one attached hydrogen (secondary N) is 2. The third-order valence-electron chi connectivity index (χ3n) is 2.73. The highest BCUT2D eigenvalue weighted by molar-refractivity contribution is 5.82. The van der Waals surface area contributed by atoms with Crippen molar-refractivity contribution in [2.75, 3.05) is 12.0 Å². The molecule has 1 aromatic rings. The van der Waals surface area contributed by atoms with Gasteiger partial charge in [0.2, 0.25) is 5.69 Å². The number of hydrogen-bond donors (Lipinski definition) is 2. The Morgan fingerprint density at radius 1 is 1.32 bits per heavy atom. The summed E-state index contributed by atoms with van der Waals surface area (Å²) in [5, 5.41) is 2.64. The number of ether oxygens (including phenoxy) is 1. The summed E-state index contributed by atoms with van der Waals surface area (Å²) < 4.78 is 6.54. The molecule has 22 heavy (non-hydrogen) atoms. The molecular weight excluding hydrogens is 294 g/mol. The van der Waals surface area contributed by atoms with E-state index in [4.69, 9.17) is 4.74 Å². The van der Waals surface area contributed by atoms with Gasteiger partial charge in [0, 0.05) is 25.9 Å². The number of carbonyl (C=O) groups is 1. The van der Waals surface area contributed by atoms with Crippen LogP contribution in [0.5, 0.6) is 0 Å². The maximum Gasteiger partial charge on any atom is 0.332 e. The summed E-state index contributed by atoms with van der Waals surface area (Å²) in [5.74, 6) is -0.666. The van der Waals surface area contributed by atoms with Crippen LogP contribution >= 0.6 is 0 Å². The molecule has 0 unspecified atom stereocenters. The highest BCUT2D eigenvalue weighted by atomic mass is 16.5. The predicted molar refractivity (Wildman–Crippen MR) is 79.5 cm³/mol. The minimum atomic E-state index is -0.825. The zero-order valence-corrected chi connectivity index (χ0v) is 12.7. The smallest absolute Gasteiger partial charge is 0.332 e. The molecule has 10 nitrogen and oxygen atoms in total. The van der Waals surface area contributed by atoms with Crippen LogP contribution in [0, 0.1) is 4.91 Å². The number of nitroso groups, excluding NO2 is 1. The zero-order chi connectivity index (χ0) is 16.9. The lowest BCUT2D eigenvalue weighted by Crippen LogP contribution is -2.39. The van der Waals surface area contributed by atoms with Gasteiger partial charge in [0.25, 0.3) is 5.56 Å². The molecule has 0 aliphatic rings. The maximum absolute atomic E-state index is 11.8. The van der Waals surface area contributed by atoms with E-state index in [9.17, 15) is 19.3 Å². The Morgan fingerprint density at radius 2 is 1.95 bits per heavy atom. The number of hydrazine groups is 1. The van der Waals surface area contributed by atoms with Crippen molar-refractivity contribution in [2.45, 2.75) is 13.8 Å². The fourth-order valence-corrected chi connectivity index (χ4v) is 1.61. The lowest BCUT2D eigenvalue weighted by atomic mass is 10.4. The second-order valence-corrected chi connectivity index (χ2v) is 4.32. The lowest BCUT2D eigenvalue weighted by molar-refractivity contribution is -0.137. The van der Waals surface area contributed by atoms with Crippen molar-refractivity contribution in [3.05, 3.63) is 37.5 Å². The minimum Gasteiger partial charge on any atom is -0.463 e. The number of rotatable bonds is 6. The first-order valence-electron chi connectivity index (χ1n) is 6.33. The Labute approximate surface area is 125 Å². The van der Waals surface area contributed by atoms with Crippen molar-refractivity contribution < 1.29 is 9.53 Å². The summed E-state index contributed by atoms with van der Waals surface area (Å²) in [6, 6.07) is 0. The monoisotopic (exact) mass is 311 g/mol. The first-order chi connectivity index (χ1) is 10.3. The number of carbonyl (C=O) groups excluding carboxylic acids is 1. The van der Waals surface area contributed by atoms with Crippen LogP contribution in [0.3, 0.4) is 0 Å². The second kappa shape index (κ2) is 7.20. The van der Waals surface area contributed by atoms with Gasteiger partial charge in [-0.05, 0) is 19.0 Å². The number of hydrogen-bond acceptors (Lipinski definition) is 8. The van der Waals surface area contributed by atoms with Gasteiger partial charge in [0.15, 0.2) is 5.82 Å². The largest absolute Gasteiger partial charge is 0.463 e. The Kier molecular flexibility index (Phi) is 5.61. The Hall–Kier alpha value is -2.91. The molecule has 0 aromatic carbocycles. The summed E-state index contributed by atoms with van der Waals surface area (Å²) in [7, 11) is 2.60. The van der Waals surface area contributed by atoms with E-state index in [0.717, 1.165) is 9.13 Å². The van der Waals surface area contributed by atoms with Gasteiger partial charge in [0.05, 0.1) is 6.61 Å². The number of aromatic nitrogens is 2. The highest BCUT2D eigenvalue weighted by Crippen LogP contribution is 2.16. The summed E-state index contributed by atoms with van der Waals surface area (Å²) in [6.45, 7) is 3.46. The van der Waals surface area contributed by atoms with Gasteiger partial charge in [-0.2, -0.15) is 0 Å². The van der Waals surface area contributed by atoms with Crippen molar-refractivity contribution in [2.24, 2.45) is 19.3 Å². The van der Waals surface area contributed by atoms with E-state index in [1.165, 1.54) is 20.2 Å². The number of esters is 1. The SMILES string of the molecule is CCOC(=O)/C=C(\C)NNc1c(N=O)c(=O)n(C)c(=O)n1C. The third-order valence-corrected chi connectivity index (χ3v) is 2.73. The van der Waals surface area contributed by atoms with Crippen molar-refractivity contribution >= 4 is 17.5 Å². The Morgan fingerprint density at radius 3 is 2.50 bits per heavy atom. The first-order valence-corrected chi connectivity index (χ1v) is 6.33. The number of allylic oxidation sites excluding steroid dienone is 1. The van der Waals surface area contributed by atoms with Gasteiger partial charge < -0.3 is 10.2 Å². The van der Waals surface area contributed by atoms with Crippen molar-refractivity contribution in [3.8, 4) is 0 Å². The molecule has 120 valence electrons. The average Bonchev–Trinajstić information content (AvgIpc) is 2.47. The topological polar surface area (TPSA) is 124 Å². The predicted octanol–water partition coefficient (Wildman–Crippen LogP) is -0.135. The molecule has 0 saturated heterocycles. The van der Waals surface area contributed by atoms with Gasteiger partial charge in [0.1, 0.15) is 0 Å². The van der Waals surface area contributed by atoms with Crippen LogP contribution in [0.15, 0.2) is 26.5 Å². The van der Waals surface area contributed by atoms with Gasteiger partial charge in [-0.1, -0.05) is 0 Å². The fraction of sp³-hybridized carbons (Fsp3) is 0.417. The molecule has 0 bridgehead atoms. The molecule has 1 rings (SSSR count). The molecule has 2 N–H and O–H groups in total. The molecule has 0 saturated carbocycles. The molecule has 1 aromatic heterocycles. The quantitative estimate of drug-likeness (QED) is 0.324. The van der Waals surface area contributed by atoms with Crippen LogP contribution in [-0.4, -0.2) is 21.7 Å². The fourth-order valence-electron chi connectivity index (χ4n) is 1.61. The van der Waals surface area contributed by atoms with E-state index in [0.29, 0.717) is 5.70 Å². The van der Waals surface area contributed by atoms with Crippen LogP contribution in [0.4, 0.5) is 11.5 Å². The molecule has 0 amide bonds. The summed E-state index contributed by atoms with van der Waals surface area (Å²) in [6.07, 6.45) is 1.17. The number of anilines is 1. The molecule has 0 fully saturated rings. The van der Waals surface area contributed by atoms with Gasteiger partial charge >= 0.3 is 11.7 Å². The summed E-state index contributed by atoms with van der Waals surface area (Å²) in [5.41, 5.74) is 3.54. The summed E-state index contributed by atoms with van der Waals surface area (Å²) >= 11 is 0. The van der Waals surface area contributed by atoms with Crippen molar-refractivity contribution in [3.63, 3.8) is 0 Å². The van der Waals surface area contributed by atoms with Gasteiger partial charge in [-0.15, -0.1) is 4.91 Å². The molecular formula is C12H17N5O5. The zero-order valence-electron chi connectivity index (χ0n) is 12.7. The highest BCUT2D eigenvalue weighted by Gasteiger charge is 2.16. The van der Waals surface area contributed by atoms with E-state index in [1.54, 1.807) is 13.8 Å². The molecule has 1 heterocycles. The molecule has 10 heteroatoms. The van der Waals surface area contributed by atoms with Crippen LogP contribution in [0.1, 0.15) is 13.8 Å². The van der Waals surface area contributed by atoms with Crippen molar-refractivity contribution in [1.82, 2.24) is 14.6 Å².